The van der Waals surface area contributed by atoms with E-state index in [1.165, 1.54) is 39.6 Å². The lowest BCUT2D eigenvalue weighted by atomic mass is 10.1. The van der Waals surface area contributed by atoms with Gasteiger partial charge in [0, 0.05) is 54.2 Å². The van der Waals surface area contributed by atoms with E-state index in [4.69, 9.17) is 11.6 Å². The van der Waals surface area contributed by atoms with Gasteiger partial charge in [0.25, 0.3) is 5.56 Å². The van der Waals surface area contributed by atoms with Crippen molar-refractivity contribution in [2.75, 3.05) is 12.8 Å². The Morgan fingerprint density at radius 1 is 1.30 bits per heavy atom. The van der Waals surface area contributed by atoms with Gasteiger partial charge in [-0.3, -0.25) is 9.69 Å². The number of thioether (sulfide) groups is 1. The molecule has 0 atom stereocenters. The van der Waals surface area contributed by atoms with Gasteiger partial charge in [-0.25, -0.2) is 9.97 Å². The number of aromatic amines is 1. The Morgan fingerprint density at radius 2 is 2.17 bits per heavy atom. The number of fused-ring (bicyclic) bond motifs is 2. The Hall–Kier alpha value is -2.13. The predicted octanol–water partition coefficient (Wildman–Crippen LogP) is 4.16. The zero-order valence-corrected chi connectivity index (χ0v) is 18.8. The topological polar surface area (TPSA) is 66.8 Å². The molecular formula is C21H20ClN5OS2. The predicted molar refractivity (Wildman–Crippen MR) is 123 cm³/mol. The molecule has 0 aliphatic carbocycles. The van der Waals surface area contributed by atoms with Crippen molar-refractivity contribution in [3.63, 3.8) is 0 Å². The average Bonchev–Trinajstić information content (AvgIpc) is 3.32. The minimum absolute atomic E-state index is 0.0152. The Balaban J connectivity index is 1.43. The molecule has 0 unspecified atom stereocenters. The van der Waals surface area contributed by atoms with Crippen LogP contribution in [0, 0.1) is 0 Å². The SMILES string of the molecule is CSc1nc2c(c(=O)[nH]1)CN(Cc1cn(Cc3cnc(Cl)s3)c3ccccc13)CC2. The number of nitrogens with zero attached hydrogens (tertiary/aromatic N) is 4. The van der Waals surface area contributed by atoms with Gasteiger partial charge < -0.3 is 9.55 Å². The van der Waals surface area contributed by atoms with Crippen molar-refractivity contribution in [2.45, 2.75) is 31.2 Å². The van der Waals surface area contributed by atoms with Crippen LogP contribution in [0.4, 0.5) is 0 Å². The molecule has 0 fully saturated rings. The van der Waals surface area contributed by atoms with Crippen LogP contribution < -0.4 is 5.56 Å². The number of hydrogen-bond acceptors (Lipinski definition) is 6. The lowest BCUT2D eigenvalue weighted by Crippen LogP contribution is -2.35. The monoisotopic (exact) mass is 457 g/mol. The molecule has 1 aromatic carbocycles. The lowest BCUT2D eigenvalue weighted by molar-refractivity contribution is 0.241. The van der Waals surface area contributed by atoms with Gasteiger partial charge in [0.05, 0.1) is 17.8 Å². The van der Waals surface area contributed by atoms with Crippen molar-refractivity contribution in [1.82, 2.24) is 24.4 Å². The van der Waals surface area contributed by atoms with Gasteiger partial charge >= 0.3 is 0 Å². The summed E-state index contributed by atoms with van der Waals surface area (Å²) in [5.41, 5.74) is 4.16. The molecule has 154 valence electrons. The summed E-state index contributed by atoms with van der Waals surface area (Å²) >= 11 is 8.99. The number of aromatic nitrogens is 4. The highest BCUT2D eigenvalue weighted by atomic mass is 35.5. The Bertz CT molecular complexity index is 1280. The summed E-state index contributed by atoms with van der Waals surface area (Å²) in [5, 5.41) is 1.93. The molecule has 3 aromatic heterocycles. The summed E-state index contributed by atoms with van der Waals surface area (Å²) in [6, 6.07) is 8.45. The minimum Gasteiger partial charge on any atom is -0.342 e. The highest BCUT2D eigenvalue weighted by Crippen LogP contribution is 2.27. The number of rotatable bonds is 5. The molecule has 1 N–H and O–H groups in total. The van der Waals surface area contributed by atoms with E-state index in [1.54, 1.807) is 0 Å². The van der Waals surface area contributed by atoms with Crippen molar-refractivity contribution >= 4 is 45.6 Å². The van der Waals surface area contributed by atoms with Gasteiger partial charge in [-0.05, 0) is 17.9 Å². The maximum Gasteiger partial charge on any atom is 0.256 e. The first-order valence-corrected chi connectivity index (χ1v) is 12.1. The van der Waals surface area contributed by atoms with Gasteiger partial charge in [0.2, 0.25) is 0 Å². The van der Waals surface area contributed by atoms with Crippen LogP contribution in [0.2, 0.25) is 4.47 Å². The van der Waals surface area contributed by atoms with Crippen LogP contribution in [0.3, 0.4) is 0 Å². The van der Waals surface area contributed by atoms with Gasteiger partial charge in [-0.1, -0.05) is 41.6 Å². The molecule has 0 saturated heterocycles. The fraction of sp³-hybridized carbons (Fsp3) is 0.286. The van der Waals surface area contributed by atoms with Crippen LogP contribution in [-0.2, 0) is 26.1 Å². The van der Waals surface area contributed by atoms with E-state index in [2.05, 4.69) is 54.9 Å². The molecule has 6 nitrogen and oxygen atoms in total. The second kappa shape index (κ2) is 8.19. The van der Waals surface area contributed by atoms with Crippen LogP contribution in [0.5, 0.6) is 0 Å². The smallest absolute Gasteiger partial charge is 0.256 e. The number of hydrogen-bond donors (Lipinski definition) is 1. The van der Waals surface area contributed by atoms with E-state index in [-0.39, 0.29) is 5.56 Å². The van der Waals surface area contributed by atoms with E-state index < -0.39 is 0 Å². The molecule has 1 aliphatic heterocycles. The summed E-state index contributed by atoms with van der Waals surface area (Å²) in [7, 11) is 0. The summed E-state index contributed by atoms with van der Waals surface area (Å²) < 4.78 is 2.82. The molecule has 0 radical (unpaired) electrons. The first-order chi connectivity index (χ1) is 14.6. The Kier molecular flexibility index (Phi) is 5.41. The van der Waals surface area contributed by atoms with Crippen molar-refractivity contribution in [1.29, 1.82) is 0 Å². The van der Waals surface area contributed by atoms with Gasteiger partial charge in [-0.2, -0.15) is 0 Å². The molecule has 0 bridgehead atoms. The van der Waals surface area contributed by atoms with Crippen LogP contribution in [0.25, 0.3) is 10.9 Å². The second-order valence-corrected chi connectivity index (χ2v) is 9.83. The quantitative estimate of drug-likeness (QED) is 0.360. The summed E-state index contributed by atoms with van der Waals surface area (Å²) in [6.45, 7) is 3.05. The van der Waals surface area contributed by atoms with Crippen LogP contribution >= 0.6 is 34.7 Å². The first kappa shape index (κ1) is 19.8. The third-order valence-corrected chi connectivity index (χ3v) is 7.12. The molecule has 4 aromatic rings. The van der Waals surface area contributed by atoms with E-state index in [9.17, 15) is 4.79 Å². The summed E-state index contributed by atoms with van der Waals surface area (Å²) in [4.78, 5) is 27.6. The zero-order valence-electron chi connectivity index (χ0n) is 16.4. The van der Waals surface area contributed by atoms with Crippen molar-refractivity contribution < 1.29 is 0 Å². The molecule has 0 saturated carbocycles. The fourth-order valence-corrected chi connectivity index (χ4v) is 5.41. The highest BCUT2D eigenvalue weighted by Gasteiger charge is 2.22. The normalized spacial score (nSPS) is 14.3. The third kappa shape index (κ3) is 3.80. The molecule has 5 rings (SSSR count). The van der Waals surface area contributed by atoms with E-state index in [1.807, 2.05) is 12.5 Å². The zero-order chi connectivity index (χ0) is 20.7. The standard InChI is InChI=1S/C21H20ClN5OS2/c1-29-21-24-17-6-7-26(12-16(17)19(28)25-21)9-13-10-27(11-14-8-23-20(22)30-14)18-5-3-2-4-15(13)18/h2-5,8,10H,6-7,9,11-12H2,1H3,(H,24,25,28). The van der Waals surface area contributed by atoms with E-state index >= 15 is 0 Å². The van der Waals surface area contributed by atoms with E-state index in [0.29, 0.717) is 16.2 Å². The number of nitrogens with one attached hydrogen (secondary N) is 1. The number of para-hydroxylation sites is 1. The van der Waals surface area contributed by atoms with Gasteiger partial charge in [0.1, 0.15) is 0 Å². The molecule has 0 amide bonds. The molecule has 4 heterocycles. The number of halogens is 1. The average molecular weight is 458 g/mol. The first-order valence-electron chi connectivity index (χ1n) is 9.66. The van der Waals surface area contributed by atoms with Gasteiger partial charge in [-0.15, -0.1) is 11.3 Å². The molecule has 30 heavy (non-hydrogen) atoms. The third-order valence-electron chi connectivity index (χ3n) is 5.44. The van der Waals surface area contributed by atoms with Crippen molar-refractivity contribution in [3.8, 4) is 0 Å². The largest absolute Gasteiger partial charge is 0.342 e. The van der Waals surface area contributed by atoms with Crippen LogP contribution in [0.15, 0.2) is 46.6 Å². The molecule has 0 spiro atoms. The maximum absolute atomic E-state index is 12.5. The lowest BCUT2D eigenvalue weighted by Gasteiger charge is -2.27. The van der Waals surface area contributed by atoms with Crippen LogP contribution in [-0.4, -0.2) is 37.2 Å². The fourth-order valence-electron chi connectivity index (χ4n) is 4.03. The number of thiazole rings is 1. The summed E-state index contributed by atoms with van der Waals surface area (Å²) in [6.07, 6.45) is 6.78. The van der Waals surface area contributed by atoms with Crippen molar-refractivity contribution in [3.05, 3.63) is 73.2 Å². The number of H-pyrrole nitrogens is 1. The Labute approximate surface area is 186 Å². The Morgan fingerprint density at radius 3 is 2.97 bits per heavy atom. The maximum atomic E-state index is 12.5. The summed E-state index contributed by atoms with van der Waals surface area (Å²) in [5.74, 6) is 0. The molecule has 1 aliphatic rings. The second-order valence-electron chi connectivity index (χ2n) is 7.34. The van der Waals surface area contributed by atoms with E-state index in [0.717, 1.165) is 42.2 Å². The number of benzene rings is 1. The van der Waals surface area contributed by atoms with Crippen molar-refractivity contribution in [2.24, 2.45) is 0 Å². The minimum atomic E-state index is -0.0152. The van der Waals surface area contributed by atoms with Crippen LogP contribution in [0.1, 0.15) is 21.7 Å². The highest BCUT2D eigenvalue weighted by molar-refractivity contribution is 7.98. The van der Waals surface area contributed by atoms with Gasteiger partial charge in [0.15, 0.2) is 9.62 Å². The molecular weight excluding hydrogens is 438 g/mol. The molecule has 9 heteroatoms.